The van der Waals surface area contributed by atoms with Crippen LogP contribution in [0.1, 0.15) is 12.0 Å². The molecule has 2 N–H and O–H groups in total. The summed E-state index contributed by atoms with van der Waals surface area (Å²) in [6, 6.07) is 16.4. The van der Waals surface area contributed by atoms with Crippen molar-refractivity contribution in [1.29, 1.82) is 0 Å². The van der Waals surface area contributed by atoms with Crippen LogP contribution in [0.3, 0.4) is 0 Å². The molecule has 0 unspecified atom stereocenters. The van der Waals surface area contributed by atoms with E-state index in [4.69, 9.17) is 4.74 Å². The monoisotopic (exact) mass is 454 g/mol. The van der Waals surface area contributed by atoms with Gasteiger partial charge in [-0.15, -0.1) is 0 Å². The molecule has 1 aromatic heterocycles. The van der Waals surface area contributed by atoms with E-state index in [2.05, 4.69) is 19.9 Å². The SMILES string of the molecule is O=C(CCNS(=O)(=O)c1ccc2ccccc2c1)NCc1ccc(N2CCOCC2)nc1. The highest BCUT2D eigenvalue weighted by Crippen LogP contribution is 2.18. The predicted molar refractivity (Wildman–Crippen MR) is 123 cm³/mol. The highest BCUT2D eigenvalue weighted by molar-refractivity contribution is 7.89. The van der Waals surface area contributed by atoms with Crippen LogP contribution in [0.4, 0.5) is 5.82 Å². The van der Waals surface area contributed by atoms with Crippen molar-refractivity contribution in [3.63, 3.8) is 0 Å². The van der Waals surface area contributed by atoms with Crippen molar-refractivity contribution in [3.05, 3.63) is 66.4 Å². The first kappa shape index (κ1) is 22.2. The Morgan fingerprint density at radius 2 is 1.81 bits per heavy atom. The van der Waals surface area contributed by atoms with Crippen molar-refractivity contribution in [2.24, 2.45) is 0 Å². The molecule has 2 heterocycles. The maximum absolute atomic E-state index is 12.5. The number of rotatable bonds is 8. The zero-order valence-electron chi connectivity index (χ0n) is 17.7. The van der Waals surface area contributed by atoms with Gasteiger partial charge >= 0.3 is 0 Å². The second-order valence-electron chi connectivity index (χ2n) is 7.56. The third kappa shape index (κ3) is 5.61. The Kier molecular flexibility index (Phi) is 6.99. The molecule has 0 radical (unpaired) electrons. The van der Waals surface area contributed by atoms with Crippen molar-refractivity contribution < 1.29 is 17.9 Å². The van der Waals surface area contributed by atoms with Crippen LogP contribution in [-0.4, -0.2) is 52.2 Å². The Morgan fingerprint density at radius 3 is 2.56 bits per heavy atom. The summed E-state index contributed by atoms with van der Waals surface area (Å²) in [5.74, 6) is 0.662. The van der Waals surface area contributed by atoms with Crippen molar-refractivity contribution >= 4 is 32.5 Å². The Hall–Kier alpha value is -3.01. The van der Waals surface area contributed by atoms with Gasteiger partial charge in [-0.05, 0) is 34.5 Å². The largest absolute Gasteiger partial charge is 0.378 e. The fourth-order valence-electron chi connectivity index (χ4n) is 3.51. The highest BCUT2D eigenvalue weighted by Gasteiger charge is 2.15. The van der Waals surface area contributed by atoms with Gasteiger partial charge in [-0.1, -0.05) is 36.4 Å². The van der Waals surface area contributed by atoms with E-state index in [1.54, 1.807) is 24.4 Å². The number of carbonyl (C=O) groups is 1. The first-order chi connectivity index (χ1) is 15.5. The number of benzene rings is 2. The minimum Gasteiger partial charge on any atom is -0.378 e. The van der Waals surface area contributed by atoms with Gasteiger partial charge < -0.3 is 15.0 Å². The summed E-state index contributed by atoms with van der Waals surface area (Å²) < 4.78 is 32.9. The molecule has 168 valence electrons. The lowest BCUT2D eigenvalue weighted by Gasteiger charge is -2.27. The summed E-state index contributed by atoms with van der Waals surface area (Å²) in [5, 5.41) is 4.62. The molecule has 1 aliphatic heterocycles. The minimum atomic E-state index is -3.68. The van der Waals surface area contributed by atoms with E-state index in [-0.39, 0.29) is 23.8 Å². The van der Waals surface area contributed by atoms with Crippen LogP contribution in [-0.2, 0) is 26.1 Å². The molecule has 32 heavy (non-hydrogen) atoms. The Balaban J connectivity index is 1.23. The number of nitrogens with zero attached hydrogens (tertiary/aromatic N) is 2. The average molecular weight is 455 g/mol. The minimum absolute atomic E-state index is 0.0230. The topological polar surface area (TPSA) is 101 Å². The molecule has 1 fully saturated rings. The molecule has 0 atom stereocenters. The molecule has 0 bridgehead atoms. The standard InChI is InChI=1S/C23H26N4O4S/c28-23(25-17-18-5-8-22(24-16-18)27-11-13-31-14-12-27)9-10-26-32(29,30)21-7-6-19-3-1-2-4-20(19)15-21/h1-8,15-16,26H,9-14,17H2,(H,25,28). The first-order valence-corrected chi connectivity index (χ1v) is 12.0. The smallest absolute Gasteiger partial charge is 0.240 e. The molecule has 0 saturated carbocycles. The second kappa shape index (κ2) is 10.1. The quantitative estimate of drug-likeness (QED) is 0.540. The van der Waals surface area contributed by atoms with Crippen LogP contribution >= 0.6 is 0 Å². The molecule has 1 amide bonds. The number of amides is 1. The normalized spacial score (nSPS) is 14.4. The lowest BCUT2D eigenvalue weighted by molar-refractivity contribution is -0.121. The summed E-state index contributed by atoms with van der Waals surface area (Å²) in [6.45, 7) is 3.40. The summed E-state index contributed by atoms with van der Waals surface area (Å²) in [5.41, 5.74) is 0.882. The number of carbonyl (C=O) groups excluding carboxylic acids is 1. The number of hydrogen-bond acceptors (Lipinski definition) is 6. The van der Waals surface area contributed by atoms with Gasteiger partial charge in [0.15, 0.2) is 0 Å². The van der Waals surface area contributed by atoms with Crippen LogP contribution in [0.2, 0.25) is 0 Å². The molecule has 8 nitrogen and oxygen atoms in total. The molecule has 9 heteroatoms. The van der Waals surface area contributed by atoms with Crippen LogP contribution in [0.15, 0.2) is 65.7 Å². The van der Waals surface area contributed by atoms with Gasteiger partial charge in [-0.3, -0.25) is 4.79 Å². The van der Waals surface area contributed by atoms with Gasteiger partial charge in [0.05, 0.1) is 18.1 Å². The van der Waals surface area contributed by atoms with E-state index >= 15 is 0 Å². The summed E-state index contributed by atoms with van der Waals surface area (Å²) >= 11 is 0. The zero-order valence-corrected chi connectivity index (χ0v) is 18.5. The van der Waals surface area contributed by atoms with Crippen LogP contribution in [0.5, 0.6) is 0 Å². The lowest BCUT2D eigenvalue weighted by Crippen LogP contribution is -2.36. The average Bonchev–Trinajstić information content (AvgIpc) is 2.83. The molecule has 2 aromatic carbocycles. The van der Waals surface area contributed by atoms with Gasteiger partial charge in [-0.2, -0.15) is 0 Å². The van der Waals surface area contributed by atoms with Crippen molar-refractivity contribution in [1.82, 2.24) is 15.0 Å². The van der Waals surface area contributed by atoms with Crippen LogP contribution < -0.4 is 14.9 Å². The Bertz CT molecular complexity index is 1180. The molecule has 1 aliphatic rings. The van der Waals surface area contributed by atoms with Crippen LogP contribution in [0, 0.1) is 0 Å². The van der Waals surface area contributed by atoms with E-state index < -0.39 is 10.0 Å². The molecule has 3 aromatic rings. The second-order valence-corrected chi connectivity index (χ2v) is 9.32. The number of morpholine rings is 1. The van der Waals surface area contributed by atoms with Crippen molar-refractivity contribution in [3.8, 4) is 0 Å². The fraction of sp³-hybridized carbons (Fsp3) is 0.304. The number of pyridine rings is 1. The number of ether oxygens (including phenoxy) is 1. The Labute approximate surface area is 187 Å². The molecule has 4 rings (SSSR count). The third-order valence-electron chi connectivity index (χ3n) is 5.31. The lowest BCUT2D eigenvalue weighted by atomic mass is 10.1. The molecular formula is C23H26N4O4S. The highest BCUT2D eigenvalue weighted by atomic mass is 32.2. The first-order valence-electron chi connectivity index (χ1n) is 10.5. The fourth-order valence-corrected chi connectivity index (χ4v) is 4.57. The van der Waals surface area contributed by atoms with E-state index in [0.717, 1.165) is 35.2 Å². The number of anilines is 1. The van der Waals surface area contributed by atoms with E-state index in [0.29, 0.717) is 19.8 Å². The van der Waals surface area contributed by atoms with Gasteiger partial charge in [0, 0.05) is 38.8 Å². The molecular weight excluding hydrogens is 428 g/mol. The van der Waals surface area contributed by atoms with Crippen molar-refractivity contribution in [2.45, 2.75) is 17.9 Å². The molecule has 0 spiro atoms. The third-order valence-corrected chi connectivity index (χ3v) is 6.77. The maximum atomic E-state index is 12.5. The van der Waals surface area contributed by atoms with Gasteiger partial charge in [0.25, 0.3) is 0 Å². The summed E-state index contributed by atoms with van der Waals surface area (Å²) in [4.78, 5) is 18.9. The number of nitrogens with one attached hydrogen (secondary N) is 2. The van der Waals surface area contributed by atoms with Gasteiger partial charge in [0.1, 0.15) is 5.82 Å². The summed E-state index contributed by atoms with van der Waals surface area (Å²) in [7, 11) is -3.68. The maximum Gasteiger partial charge on any atom is 0.240 e. The number of sulfonamides is 1. The molecule has 0 aliphatic carbocycles. The molecule has 1 saturated heterocycles. The van der Waals surface area contributed by atoms with Crippen LogP contribution in [0.25, 0.3) is 10.8 Å². The van der Waals surface area contributed by atoms with E-state index in [9.17, 15) is 13.2 Å². The Morgan fingerprint density at radius 1 is 1.03 bits per heavy atom. The van der Waals surface area contributed by atoms with Crippen molar-refractivity contribution in [2.75, 3.05) is 37.7 Å². The van der Waals surface area contributed by atoms with Gasteiger partial charge in [-0.25, -0.2) is 18.1 Å². The zero-order chi connectivity index (χ0) is 22.4. The van der Waals surface area contributed by atoms with E-state index in [1.165, 1.54) is 0 Å². The number of hydrogen-bond donors (Lipinski definition) is 2. The number of aromatic nitrogens is 1. The summed E-state index contributed by atoms with van der Waals surface area (Å²) in [6.07, 6.45) is 1.79. The number of fused-ring (bicyclic) bond motifs is 1. The van der Waals surface area contributed by atoms with E-state index in [1.807, 2.05) is 36.4 Å². The predicted octanol–water partition coefficient (Wildman–Crippen LogP) is 2.06. The van der Waals surface area contributed by atoms with Gasteiger partial charge in [0.2, 0.25) is 15.9 Å².